The summed E-state index contributed by atoms with van der Waals surface area (Å²) in [6.07, 6.45) is 0. The standard InChI is InChI=1S/C24H28N4O5/c29-22(28-12-14-33-15-13-28)17-26-8-10-27(11-9-26)21-7-6-19(16-20(21)24(31)32)25-23(30)18-4-2-1-3-5-18/h1-7,16H,8-15,17H2,(H,25,30)(H,31,32). The molecule has 0 radical (unpaired) electrons. The molecule has 9 nitrogen and oxygen atoms in total. The molecule has 2 aromatic rings. The number of carboxylic acid groups (broad SMARTS) is 1. The number of carbonyl (C=O) groups is 3. The van der Waals surface area contributed by atoms with E-state index in [1.54, 1.807) is 36.4 Å². The van der Waals surface area contributed by atoms with Gasteiger partial charge >= 0.3 is 5.97 Å². The van der Waals surface area contributed by atoms with Crippen LogP contribution in [0.3, 0.4) is 0 Å². The van der Waals surface area contributed by atoms with Gasteiger partial charge in [0.2, 0.25) is 5.91 Å². The van der Waals surface area contributed by atoms with Crippen LogP contribution in [0.5, 0.6) is 0 Å². The van der Waals surface area contributed by atoms with Gasteiger partial charge < -0.3 is 25.0 Å². The van der Waals surface area contributed by atoms with Gasteiger partial charge in [-0.25, -0.2) is 4.79 Å². The molecular weight excluding hydrogens is 424 g/mol. The maximum absolute atomic E-state index is 12.5. The molecule has 2 amide bonds. The van der Waals surface area contributed by atoms with Crippen LogP contribution >= 0.6 is 0 Å². The van der Waals surface area contributed by atoms with Gasteiger partial charge in [-0.2, -0.15) is 0 Å². The summed E-state index contributed by atoms with van der Waals surface area (Å²) >= 11 is 0. The molecule has 9 heteroatoms. The van der Waals surface area contributed by atoms with E-state index >= 15 is 0 Å². The van der Waals surface area contributed by atoms with Crippen molar-refractivity contribution in [3.05, 3.63) is 59.7 Å². The highest BCUT2D eigenvalue weighted by molar-refractivity contribution is 6.05. The zero-order chi connectivity index (χ0) is 23.2. The number of piperazine rings is 1. The Bertz CT molecular complexity index is 999. The summed E-state index contributed by atoms with van der Waals surface area (Å²) in [5, 5.41) is 12.5. The SMILES string of the molecule is O=C(Nc1ccc(N2CCN(CC(=O)N3CCOCC3)CC2)c(C(=O)O)c1)c1ccccc1. The van der Waals surface area contributed by atoms with E-state index in [0.29, 0.717) is 76.0 Å². The molecule has 2 aliphatic rings. The fraction of sp³-hybridized carbons (Fsp3) is 0.375. The molecule has 2 fully saturated rings. The zero-order valence-corrected chi connectivity index (χ0v) is 18.4. The number of rotatable bonds is 6. The van der Waals surface area contributed by atoms with Crippen LogP contribution in [-0.4, -0.2) is 91.7 Å². The van der Waals surface area contributed by atoms with Crippen LogP contribution in [-0.2, 0) is 9.53 Å². The van der Waals surface area contributed by atoms with Crippen LogP contribution in [0.4, 0.5) is 11.4 Å². The molecule has 0 aliphatic carbocycles. The Hall–Kier alpha value is -3.43. The van der Waals surface area contributed by atoms with E-state index in [2.05, 4.69) is 10.2 Å². The zero-order valence-electron chi connectivity index (χ0n) is 18.4. The van der Waals surface area contributed by atoms with Gasteiger partial charge in [0.1, 0.15) is 0 Å². The number of nitrogens with one attached hydrogen (secondary N) is 1. The highest BCUT2D eigenvalue weighted by Gasteiger charge is 2.25. The van der Waals surface area contributed by atoms with Crippen molar-refractivity contribution >= 4 is 29.2 Å². The molecule has 2 saturated heterocycles. The van der Waals surface area contributed by atoms with Gasteiger partial charge in [-0.05, 0) is 30.3 Å². The number of benzene rings is 2. The summed E-state index contributed by atoms with van der Waals surface area (Å²) in [6.45, 7) is 5.37. The molecule has 2 N–H and O–H groups in total. The molecule has 0 saturated carbocycles. The predicted molar refractivity (Wildman–Crippen MR) is 124 cm³/mol. The van der Waals surface area contributed by atoms with Crippen LogP contribution in [0.1, 0.15) is 20.7 Å². The van der Waals surface area contributed by atoms with E-state index < -0.39 is 5.97 Å². The lowest BCUT2D eigenvalue weighted by Crippen LogP contribution is -2.51. The normalized spacial score (nSPS) is 17.0. The molecule has 33 heavy (non-hydrogen) atoms. The number of carboxylic acids is 1. The summed E-state index contributed by atoms with van der Waals surface area (Å²) in [6, 6.07) is 13.7. The Kier molecular flexibility index (Phi) is 7.21. The molecule has 0 unspecified atom stereocenters. The quantitative estimate of drug-likeness (QED) is 0.687. The van der Waals surface area contributed by atoms with Crippen LogP contribution in [0, 0.1) is 0 Å². The molecule has 0 aromatic heterocycles. The first-order valence-electron chi connectivity index (χ1n) is 11.1. The van der Waals surface area contributed by atoms with Crippen molar-refractivity contribution in [2.24, 2.45) is 0 Å². The monoisotopic (exact) mass is 452 g/mol. The molecule has 0 bridgehead atoms. The molecule has 174 valence electrons. The number of hydrogen-bond acceptors (Lipinski definition) is 6. The molecular formula is C24H28N4O5. The highest BCUT2D eigenvalue weighted by atomic mass is 16.5. The van der Waals surface area contributed by atoms with Gasteiger partial charge in [-0.15, -0.1) is 0 Å². The minimum Gasteiger partial charge on any atom is -0.478 e. The Morgan fingerprint density at radius 1 is 0.909 bits per heavy atom. The lowest BCUT2D eigenvalue weighted by atomic mass is 10.1. The minimum absolute atomic E-state index is 0.108. The third kappa shape index (κ3) is 5.68. The van der Waals surface area contributed by atoms with E-state index in [0.717, 1.165) is 0 Å². The van der Waals surface area contributed by atoms with Gasteiger partial charge in [0, 0.05) is 50.5 Å². The number of anilines is 2. The second kappa shape index (κ2) is 10.5. The highest BCUT2D eigenvalue weighted by Crippen LogP contribution is 2.26. The summed E-state index contributed by atoms with van der Waals surface area (Å²) in [7, 11) is 0. The van der Waals surface area contributed by atoms with E-state index in [1.165, 1.54) is 6.07 Å². The predicted octanol–water partition coefficient (Wildman–Crippen LogP) is 1.62. The molecule has 2 aliphatic heterocycles. The van der Waals surface area contributed by atoms with Gasteiger partial charge in [-0.1, -0.05) is 18.2 Å². The summed E-state index contributed by atoms with van der Waals surface area (Å²) in [5.41, 5.74) is 1.68. The van der Waals surface area contributed by atoms with Crippen LogP contribution < -0.4 is 10.2 Å². The van der Waals surface area contributed by atoms with Crippen molar-refractivity contribution in [3.63, 3.8) is 0 Å². The molecule has 2 heterocycles. The van der Waals surface area contributed by atoms with E-state index in [-0.39, 0.29) is 17.4 Å². The lowest BCUT2D eigenvalue weighted by molar-refractivity contribution is -0.136. The largest absolute Gasteiger partial charge is 0.478 e. The van der Waals surface area contributed by atoms with Gasteiger partial charge in [-0.3, -0.25) is 14.5 Å². The Balaban J connectivity index is 1.38. The van der Waals surface area contributed by atoms with Crippen molar-refractivity contribution < 1.29 is 24.2 Å². The maximum atomic E-state index is 12.5. The Morgan fingerprint density at radius 2 is 1.61 bits per heavy atom. The lowest BCUT2D eigenvalue weighted by Gasteiger charge is -2.37. The summed E-state index contributed by atoms with van der Waals surface area (Å²) in [5.74, 6) is -1.24. The number of nitrogens with zero attached hydrogens (tertiary/aromatic N) is 3. The first-order valence-corrected chi connectivity index (χ1v) is 11.1. The molecule has 0 spiro atoms. The van der Waals surface area contributed by atoms with Crippen molar-refractivity contribution in [2.45, 2.75) is 0 Å². The van der Waals surface area contributed by atoms with Crippen LogP contribution in [0.15, 0.2) is 48.5 Å². The van der Waals surface area contributed by atoms with Gasteiger partial charge in [0.25, 0.3) is 5.91 Å². The first-order chi connectivity index (χ1) is 16.0. The second-order valence-corrected chi connectivity index (χ2v) is 8.11. The summed E-state index contributed by atoms with van der Waals surface area (Å²) < 4.78 is 5.30. The van der Waals surface area contributed by atoms with Crippen LogP contribution in [0.2, 0.25) is 0 Å². The van der Waals surface area contributed by atoms with Crippen molar-refractivity contribution in [3.8, 4) is 0 Å². The molecule has 2 aromatic carbocycles. The molecule has 4 rings (SSSR count). The Labute approximate surface area is 192 Å². The van der Waals surface area contributed by atoms with E-state index in [4.69, 9.17) is 4.74 Å². The van der Waals surface area contributed by atoms with Crippen molar-refractivity contribution in [1.29, 1.82) is 0 Å². The maximum Gasteiger partial charge on any atom is 0.337 e. The van der Waals surface area contributed by atoms with E-state index in [1.807, 2.05) is 15.9 Å². The van der Waals surface area contributed by atoms with Gasteiger partial charge in [0.05, 0.1) is 31.0 Å². The fourth-order valence-electron chi connectivity index (χ4n) is 4.10. The number of ether oxygens (including phenoxy) is 1. The Morgan fingerprint density at radius 3 is 2.27 bits per heavy atom. The topological polar surface area (TPSA) is 102 Å². The fourth-order valence-corrected chi connectivity index (χ4v) is 4.10. The number of hydrogen-bond donors (Lipinski definition) is 2. The number of morpholine rings is 1. The average Bonchev–Trinajstić information content (AvgIpc) is 2.85. The van der Waals surface area contributed by atoms with Crippen molar-refractivity contribution in [2.75, 3.05) is 69.2 Å². The number of carbonyl (C=O) groups excluding carboxylic acids is 2. The van der Waals surface area contributed by atoms with Gasteiger partial charge in [0.15, 0.2) is 0 Å². The minimum atomic E-state index is -1.05. The third-order valence-electron chi connectivity index (χ3n) is 5.96. The molecule has 0 atom stereocenters. The van der Waals surface area contributed by atoms with E-state index in [9.17, 15) is 19.5 Å². The third-order valence-corrected chi connectivity index (χ3v) is 5.96. The first kappa shape index (κ1) is 22.8. The second-order valence-electron chi connectivity index (χ2n) is 8.11. The van der Waals surface area contributed by atoms with Crippen LogP contribution in [0.25, 0.3) is 0 Å². The average molecular weight is 453 g/mol. The summed E-state index contributed by atoms with van der Waals surface area (Å²) in [4.78, 5) is 42.8. The van der Waals surface area contributed by atoms with Crippen molar-refractivity contribution in [1.82, 2.24) is 9.80 Å². The smallest absolute Gasteiger partial charge is 0.337 e. The number of amides is 2. The number of aromatic carboxylic acids is 1.